The summed E-state index contributed by atoms with van der Waals surface area (Å²) in [7, 11) is 0. The van der Waals surface area contributed by atoms with Crippen molar-refractivity contribution in [3.63, 3.8) is 0 Å². The first-order valence-electron chi connectivity index (χ1n) is 10.7. The van der Waals surface area contributed by atoms with Gasteiger partial charge in [0.1, 0.15) is 11.5 Å². The van der Waals surface area contributed by atoms with Crippen LogP contribution in [0.1, 0.15) is 35.3 Å². The first kappa shape index (κ1) is 24.7. The van der Waals surface area contributed by atoms with Gasteiger partial charge in [-0.15, -0.1) is 0 Å². The van der Waals surface area contributed by atoms with Gasteiger partial charge in [-0.2, -0.15) is 0 Å². The van der Waals surface area contributed by atoms with Gasteiger partial charge in [0.2, 0.25) is 0 Å². The van der Waals surface area contributed by atoms with E-state index in [0.717, 1.165) is 17.7 Å². The molecule has 5 nitrogen and oxygen atoms in total. The number of carbonyl (C=O) groups is 1. The van der Waals surface area contributed by atoms with Gasteiger partial charge in [0.25, 0.3) is 5.91 Å². The van der Waals surface area contributed by atoms with E-state index < -0.39 is 0 Å². The van der Waals surface area contributed by atoms with Crippen LogP contribution in [0.2, 0.25) is 0 Å². The number of halogens is 1. The predicted molar refractivity (Wildman–Crippen MR) is 139 cm³/mol. The van der Waals surface area contributed by atoms with E-state index in [1.54, 1.807) is 18.2 Å². The molecule has 172 valence electrons. The SMILES string of the molecule is CC(C)Oc1ccc(CNC(=S)NC(=O)c2ccc(OCCc3ccccc3)c(Br)c2)cc1. The van der Waals surface area contributed by atoms with E-state index >= 15 is 0 Å². The van der Waals surface area contributed by atoms with Crippen molar-refractivity contribution in [2.75, 3.05) is 6.61 Å². The van der Waals surface area contributed by atoms with Crippen molar-refractivity contribution in [2.24, 2.45) is 0 Å². The Morgan fingerprint density at radius 2 is 1.73 bits per heavy atom. The van der Waals surface area contributed by atoms with Crippen molar-refractivity contribution in [1.29, 1.82) is 0 Å². The van der Waals surface area contributed by atoms with E-state index in [9.17, 15) is 4.79 Å². The predicted octanol–water partition coefficient (Wildman–Crippen LogP) is 5.66. The van der Waals surface area contributed by atoms with Crippen molar-refractivity contribution in [1.82, 2.24) is 10.6 Å². The third-order valence-electron chi connectivity index (χ3n) is 4.66. The molecule has 0 bridgehead atoms. The highest BCUT2D eigenvalue weighted by Crippen LogP contribution is 2.26. The minimum absolute atomic E-state index is 0.131. The number of hydrogen-bond donors (Lipinski definition) is 2. The molecule has 0 saturated heterocycles. The molecule has 7 heteroatoms. The zero-order valence-electron chi connectivity index (χ0n) is 18.6. The van der Waals surface area contributed by atoms with Crippen molar-refractivity contribution < 1.29 is 14.3 Å². The van der Waals surface area contributed by atoms with E-state index in [0.29, 0.717) is 28.9 Å². The van der Waals surface area contributed by atoms with Crippen molar-refractivity contribution in [3.05, 3.63) is 94.0 Å². The molecule has 0 spiro atoms. The average molecular weight is 527 g/mol. The van der Waals surface area contributed by atoms with Gasteiger partial charge in [0, 0.05) is 18.5 Å². The first-order valence-corrected chi connectivity index (χ1v) is 11.9. The molecule has 3 aromatic carbocycles. The lowest BCUT2D eigenvalue weighted by Gasteiger charge is -2.12. The van der Waals surface area contributed by atoms with E-state index in [1.807, 2.05) is 56.3 Å². The summed E-state index contributed by atoms with van der Waals surface area (Å²) in [5.41, 5.74) is 2.73. The molecular formula is C26H27BrN2O3S. The number of ether oxygens (including phenoxy) is 2. The molecule has 2 N–H and O–H groups in total. The Morgan fingerprint density at radius 1 is 1.00 bits per heavy atom. The normalized spacial score (nSPS) is 10.5. The number of amides is 1. The van der Waals surface area contributed by atoms with Gasteiger partial charge >= 0.3 is 0 Å². The van der Waals surface area contributed by atoms with E-state index in [2.05, 4.69) is 38.7 Å². The monoisotopic (exact) mass is 526 g/mol. The van der Waals surface area contributed by atoms with Gasteiger partial charge in [-0.05, 0) is 83.5 Å². The lowest BCUT2D eigenvalue weighted by Crippen LogP contribution is -2.38. The van der Waals surface area contributed by atoms with Gasteiger partial charge in [-0.3, -0.25) is 10.1 Å². The van der Waals surface area contributed by atoms with Gasteiger partial charge < -0.3 is 14.8 Å². The molecule has 0 aliphatic heterocycles. The lowest BCUT2D eigenvalue weighted by molar-refractivity contribution is 0.0976. The van der Waals surface area contributed by atoms with Crippen LogP contribution in [0.15, 0.2) is 77.3 Å². The number of thiocarbonyl (C=S) groups is 1. The van der Waals surface area contributed by atoms with Crippen LogP contribution in [0.25, 0.3) is 0 Å². The molecule has 0 unspecified atom stereocenters. The second kappa shape index (κ2) is 12.4. The second-order valence-corrected chi connectivity index (χ2v) is 8.94. The number of benzene rings is 3. The summed E-state index contributed by atoms with van der Waals surface area (Å²) < 4.78 is 12.2. The van der Waals surface area contributed by atoms with Crippen LogP contribution >= 0.6 is 28.1 Å². The Kier molecular flexibility index (Phi) is 9.27. The van der Waals surface area contributed by atoms with Crippen molar-refractivity contribution in [2.45, 2.75) is 32.9 Å². The highest BCUT2D eigenvalue weighted by Gasteiger charge is 2.11. The fraction of sp³-hybridized carbons (Fsp3) is 0.231. The van der Waals surface area contributed by atoms with E-state index in [-0.39, 0.29) is 17.1 Å². The highest BCUT2D eigenvalue weighted by atomic mass is 79.9. The maximum atomic E-state index is 12.6. The zero-order chi connectivity index (χ0) is 23.6. The molecule has 0 aliphatic rings. The highest BCUT2D eigenvalue weighted by molar-refractivity contribution is 9.10. The van der Waals surface area contributed by atoms with Gasteiger partial charge in [-0.1, -0.05) is 42.5 Å². The topological polar surface area (TPSA) is 59.6 Å². The molecule has 1 amide bonds. The molecule has 0 saturated carbocycles. The van der Waals surface area contributed by atoms with Crippen LogP contribution in [-0.2, 0) is 13.0 Å². The molecule has 0 aliphatic carbocycles. The minimum Gasteiger partial charge on any atom is -0.492 e. The summed E-state index contributed by atoms with van der Waals surface area (Å²) in [6.07, 6.45) is 0.940. The summed E-state index contributed by atoms with van der Waals surface area (Å²) >= 11 is 8.76. The van der Waals surface area contributed by atoms with Gasteiger partial charge in [0.05, 0.1) is 17.2 Å². The quantitative estimate of drug-likeness (QED) is 0.352. The summed E-state index contributed by atoms with van der Waals surface area (Å²) in [4.78, 5) is 12.6. The largest absolute Gasteiger partial charge is 0.492 e. The summed E-state index contributed by atoms with van der Waals surface area (Å²) in [5.74, 6) is 1.22. The Labute approximate surface area is 208 Å². The van der Waals surface area contributed by atoms with Crippen LogP contribution < -0.4 is 20.1 Å². The van der Waals surface area contributed by atoms with E-state index in [1.165, 1.54) is 5.56 Å². The van der Waals surface area contributed by atoms with E-state index in [4.69, 9.17) is 21.7 Å². The van der Waals surface area contributed by atoms with Crippen LogP contribution in [-0.4, -0.2) is 23.7 Å². The number of rotatable bonds is 9. The Bertz CT molecular complexity index is 1070. The molecule has 33 heavy (non-hydrogen) atoms. The molecule has 0 fully saturated rings. The van der Waals surface area contributed by atoms with Crippen LogP contribution in [0, 0.1) is 0 Å². The molecule has 0 radical (unpaired) electrons. The summed E-state index contributed by atoms with van der Waals surface area (Å²) in [6, 6.07) is 23.1. The Balaban J connectivity index is 1.46. The maximum absolute atomic E-state index is 12.6. The fourth-order valence-electron chi connectivity index (χ4n) is 3.04. The standard InChI is InChI=1S/C26H27BrN2O3S/c1-18(2)32-22-11-8-20(9-12-22)17-28-26(33)29-25(30)21-10-13-24(23(27)16-21)31-15-14-19-6-4-3-5-7-19/h3-13,16,18H,14-15,17H2,1-2H3,(H2,28,29,30,33). The molecule has 3 aromatic rings. The van der Waals surface area contributed by atoms with Gasteiger partial charge in [-0.25, -0.2) is 0 Å². The van der Waals surface area contributed by atoms with Crippen molar-refractivity contribution in [3.8, 4) is 11.5 Å². The molecule has 0 aromatic heterocycles. The summed E-state index contributed by atoms with van der Waals surface area (Å²) in [6.45, 7) is 5.02. The average Bonchev–Trinajstić information content (AvgIpc) is 2.80. The Morgan fingerprint density at radius 3 is 2.39 bits per heavy atom. The number of nitrogens with one attached hydrogen (secondary N) is 2. The van der Waals surface area contributed by atoms with Crippen molar-refractivity contribution >= 4 is 39.2 Å². The van der Waals surface area contributed by atoms with Crippen LogP contribution in [0.4, 0.5) is 0 Å². The first-order chi connectivity index (χ1) is 15.9. The fourth-order valence-corrected chi connectivity index (χ4v) is 3.70. The zero-order valence-corrected chi connectivity index (χ0v) is 21.0. The third kappa shape index (κ3) is 8.18. The summed E-state index contributed by atoms with van der Waals surface area (Å²) in [5, 5.41) is 6.03. The number of carbonyl (C=O) groups excluding carboxylic acids is 1. The van der Waals surface area contributed by atoms with Crippen LogP contribution in [0.5, 0.6) is 11.5 Å². The second-order valence-electron chi connectivity index (χ2n) is 7.68. The molecule has 0 heterocycles. The lowest BCUT2D eigenvalue weighted by atomic mass is 10.2. The smallest absolute Gasteiger partial charge is 0.257 e. The Hall–Kier alpha value is -2.90. The third-order valence-corrected chi connectivity index (χ3v) is 5.53. The van der Waals surface area contributed by atoms with Crippen LogP contribution in [0.3, 0.4) is 0 Å². The number of hydrogen-bond acceptors (Lipinski definition) is 4. The molecule has 3 rings (SSSR count). The molecular weight excluding hydrogens is 500 g/mol. The molecule has 0 atom stereocenters. The minimum atomic E-state index is -0.287. The van der Waals surface area contributed by atoms with Gasteiger partial charge in [0.15, 0.2) is 5.11 Å². The maximum Gasteiger partial charge on any atom is 0.257 e.